The summed E-state index contributed by atoms with van der Waals surface area (Å²) in [6.45, 7) is 28.6. The first-order chi connectivity index (χ1) is 26.3. The van der Waals surface area contributed by atoms with Crippen LogP contribution in [0.4, 0.5) is 0 Å². The van der Waals surface area contributed by atoms with Crippen LogP contribution in [0, 0.1) is 0 Å². The third-order valence-corrected chi connectivity index (χ3v) is 9.63. The van der Waals surface area contributed by atoms with Crippen LogP contribution in [-0.2, 0) is 21.7 Å². The van der Waals surface area contributed by atoms with Crippen molar-refractivity contribution in [3.05, 3.63) is 95.1 Å². The van der Waals surface area contributed by atoms with Gasteiger partial charge in [-0.25, -0.2) is 0 Å². The van der Waals surface area contributed by atoms with Crippen LogP contribution in [0.15, 0.2) is 72.8 Å². The minimum absolute atomic E-state index is 0.0699. The molecule has 8 heteroatoms. The molecule has 304 valence electrons. The normalized spacial score (nSPS) is 15.4. The maximum Gasteiger partial charge on any atom is 0.161 e. The first-order valence-corrected chi connectivity index (χ1v) is 19.9. The first kappa shape index (κ1) is 42.4. The maximum absolute atomic E-state index is 6.36. The van der Waals surface area contributed by atoms with E-state index in [1.807, 2.05) is 30.3 Å². The Morgan fingerprint density at radius 1 is 0.250 bits per heavy atom. The van der Waals surface area contributed by atoms with Gasteiger partial charge >= 0.3 is 0 Å². The molecule has 56 heavy (non-hydrogen) atoms. The molecule has 0 atom stereocenters. The Kier molecular flexibility index (Phi) is 13.3. The van der Waals surface area contributed by atoms with E-state index < -0.39 is 0 Å². The lowest BCUT2D eigenvalue weighted by Crippen LogP contribution is -2.17. The van der Waals surface area contributed by atoms with Gasteiger partial charge in [0, 0.05) is 0 Å². The van der Waals surface area contributed by atoms with E-state index in [2.05, 4.69) is 126 Å². The van der Waals surface area contributed by atoms with Crippen LogP contribution in [0.3, 0.4) is 0 Å². The van der Waals surface area contributed by atoms with Gasteiger partial charge in [-0.1, -0.05) is 107 Å². The van der Waals surface area contributed by atoms with E-state index in [0.717, 1.165) is 22.3 Å². The molecule has 0 N–H and O–H groups in total. The topological polar surface area (TPSA) is 73.8 Å². The predicted octanol–water partition coefficient (Wildman–Crippen LogP) is 11.0. The molecule has 0 spiro atoms. The zero-order valence-electron chi connectivity index (χ0n) is 35.9. The highest BCUT2D eigenvalue weighted by Crippen LogP contribution is 2.38. The van der Waals surface area contributed by atoms with Crippen LogP contribution < -0.4 is 37.9 Å². The van der Waals surface area contributed by atoms with Crippen LogP contribution in [-0.4, -0.2) is 52.9 Å². The van der Waals surface area contributed by atoms with Gasteiger partial charge in [-0.3, -0.25) is 0 Å². The van der Waals surface area contributed by atoms with Gasteiger partial charge in [-0.2, -0.15) is 0 Å². The fourth-order valence-electron chi connectivity index (χ4n) is 6.04. The molecule has 0 saturated carbocycles. The third-order valence-electron chi connectivity index (χ3n) is 9.63. The van der Waals surface area contributed by atoms with E-state index in [4.69, 9.17) is 37.9 Å². The van der Waals surface area contributed by atoms with Gasteiger partial charge in [0.15, 0.2) is 46.0 Å². The second-order valence-electron chi connectivity index (χ2n) is 18.4. The quantitative estimate of drug-likeness (QED) is 0.175. The minimum atomic E-state index is -0.0724. The predicted molar refractivity (Wildman–Crippen MR) is 225 cm³/mol. The molecule has 1 aliphatic rings. The highest BCUT2D eigenvalue weighted by molar-refractivity contribution is 5.48. The summed E-state index contributed by atoms with van der Waals surface area (Å²) < 4.78 is 50.5. The summed E-state index contributed by atoms with van der Waals surface area (Å²) in [4.78, 5) is 0. The first-order valence-electron chi connectivity index (χ1n) is 19.9. The molecule has 0 bridgehead atoms. The van der Waals surface area contributed by atoms with E-state index in [1.54, 1.807) is 0 Å². The van der Waals surface area contributed by atoms with Gasteiger partial charge in [-0.05, 0) is 92.4 Å². The number of rotatable bonds is 0. The highest BCUT2D eigenvalue weighted by Gasteiger charge is 2.22. The van der Waals surface area contributed by atoms with Crippen LogP contribution >= 0.6 is 0 Å². The highest BCUT2D eigenvalue weighted by atomic mass is 16.6. The lowest BCUT2D eigenvalue weighted by molar-refractivity contribution is 0.171. The smallest absolute Gasteiger partial charge is 0.161 e. The van der Waals surface area contributed by atoms with E-state index in [-0.39, 0.29) is 21.7 Å². The van der Waals surface area contributed by atoms with Crippen molar-refractivity contribution in [1.29, 1.82) is 0 Å². The standard InChI is InChI=1S/C48H64O8/c1-45(2,3)33-13-17-37-41(29-33)53-25-23-51-39-19-15-34(46(4,5)6)30-42(39)54-26-24-52-40-20-16-36(48(10,11)12)32-44(40)56-28-27-55-43-31-35(47(7,8)9)14-18-38(43)50-22-21-49-37/h13-20,29-32H,21-28H2,1-12H3. The van der Waals surface area contributed by atoms with Crippen molar-refractivity contribution in [2.75, 3.05) is 52.9 Å². The molecular formula is C48H64O8. The Morgan fingerprint density at radius 2 is 0.411 bits per heavy atom. The molecule has 0 unspecified atom stereocenters. The Balaban J connectivity index is 1.43. The summed E-state index contributed by atoms with van der Waals surface area (Å²) in [5.41, 5.74) is 4.28. The van der Waals surface area contributed by atoms with Gasteiger partial charge in [0.1, 0.15) is 52.9 Å². The molecule has 1 heterocycles. The van der Waals surface area contributed by atoms with Gasteiger partial charge in [0.2, 0.25) is 0 Å². The lowest BCUT2D eigenvalue weighted by Gasteiger charge is -2.23. The SMILES string of the molecule is CC(C)(C)c1ccc2c(c1)OCCOc1ccc(C(C)(C)C)cc1OCCOc1ccc(C(C)(C)C)cc1OCCOc1cc(C(C)(C)C)ccc1OCCO2. The molecule has 4 aromatic carbocycles. The molecule has 4 aromatic rings. The van der Waals surface area contributed by atoms with E-state index in [1.165, 1.54) is 0 Å². The number of benzene rings is 4. The zero-order chi connectivity index (χ0) is 40.7. The Labute approximate surface area is 335 Å². The number of hydrogen-bond acceptors (Lipinski definition) is 8. The minimum Gasteiger partial charge on any atom is -0.486 e. The van der Waals surface area contributed by atoms with Crippen molar-refractivity contribution < 1.29 is 37.9 Å². The van der Waals surface area contributed by atoms with Gasteiger partial charge < -0.3 is 37.9 Å². The number of hydrogen-bond donors (Lipinski definition) is 0. The summed E-state index contributed by atoms with van der Waals surface area (Å²) in [7, 11) is 0. The summed E-state index contributed by atoms with van der Waals surface area (Å²) >= 11 is 0. The van der Waals surface area contributed by atoms with Crippen LogP contribution in [0.25, 0.3) is 0 Å². The molecule has 0 aliphatic carbocycles. The molecule has 8 nitrogen and oxygen atoms in total. The van der Waals surface area contributed by atoms with E-state index >= 15 is 0 Å². The third kappa shape index (κ3) is 11.7. The second kappa shape index (κ2) is 17.6. The van der Waals surface area contributed by atoms with Crippen LogP contribution in [0.5, 0.6) is 46.0 Å². The molecule has 0 saturated heterocycles. The fourth-order valence-corrected chi connectivity index (χ4v) is 6.04. The molecule has 0 fully saturated rings. The monoisotopic (exact) mass is 768 g/mol. The summed E-state index contributed by atoms with van der Waals surface area (Å²) in [5.74, 6) is 5.18. The lowest BCUT2D eigenvalue weighted by atomic mass is 9.87. The zero-order valence-corrected chi connectivity index (χ0v) is 35.9. The van der Waals surface area contributed by atoms with Crippen molar-refractivity contribution in [1.82, 2.24) is 0 Å². The fraction of sp³-hybridized carbons (Fsp3) is 0.500. The van der Waals surface area contributed by atoms with Crippen molar-refractivity contribution in [2.45, 2.75) is 105 Å². The summed E-state index contributed by atoms with van der Waals surface area (Å²) in [6.07, 6.45) is 0. The van der Waals surface area contributed by atoms with Crippen LogP contribution in [0.2, 0.25) is 0 Å². The molecule has 0 radical (unpaired) electrons. The van der Waals surface area contributed by atoms with Crippen molar-refractivity contribution >= 4 is 0 Å². The van der Waals surface area contributed by atoms with Crippen molar-refractivity contribution in [3.8, 4) is 46.0 Å². The number of ether oxygens (including phenoxy) is 8. The Bertz CT molecular complexity index is 1900. The largest absolute Gasteiger partial charge is 0.486 e. The Morgan fingerprint density at radius 3 is 0.571 bits per heavy atom. The van der Waals surface area contributed by atoms with E-state index in [9.17, 15) is 0 Å². The maximum atomic E-state index is 6.36. The Hall–Kier alpha value is -4.72. The second-order valence-corrected chi connectivity index (χ2v) is 18.4. The molecule has 5 rings (SSSR count). The molecular weight excluding hydrogens is 705 g/mol. The van der Waals surface area contributed by atoms with Gasteiger partial charge in [0.25, 0.3) is 0 Å². The molecule has 0 amide bonds. The van der Waals surface area contributed by atoms with Crippen molar-refractivity contribution in [2.24, 2.45) is 0 Å². The number of fused-ring (bicyclic) bond motifs is 4. The van der Waals surface area contributed by atoms with E-state index in [0.29, 0.717) is 98.9 Å². The molecule has 1 aliphatic heterocycles. The van der Waals surface area contributed by atoms with Gasteiger partial charge in [-0.15, -0.1) is 0 Å². The summed E-state index contributed by atoms with van der Waals surface area (Å²) in [5, 5.41) is 0. The van der Waals surface area contributed by atoms with Crippen LogP contribution in [0.1, 0.15) is 105 Å². The average Bonchev–Trinajstić information content (AvgIpc) is 3.11. The van der Waals surface area contributed by atoms with Crippen molar-refractivity contribution in [3.63, 3.8) is 0 Å². The molecule has 0 aromatic heterocycles. The van der Waals surface area contributed by atoms with Gasteiger partial charge in [0.05, 0.1) is 0 Å². The average molecular weight is 769 g/mol. The summed E-state index contributed by atoms with van der Waals surface area (Å²) in [6, 6.07) is 24.4.